The molecule has 0 aliphatic rings. The normalized spacial score (nSPS) is 10.3. The van der Waals surface area contributed by atoms with Crippen LogP contribution in [0.4, 0.5) is 0 Å². The molecule has 110 valence electrons. The highest BCUT2D eigenvalue weighted by Crippen LogP contribution is 2.01. The fraction of sp³-hybridized carbons (Fsp3) is 0.312. The molecule has 2 aromatic rings. The van der Waals surface area contributed by atoms with Gasteiger partial charge in [0.05, 0.1) is 6.33 Å². The van der Waals surface area contributed by atoms with Crippen molar-refractivity contribution in [1.82, 2.24) is 14.9 Å². The van der Waals surface area contributed by atoms with E-state index in [2.05, 4.69) is 10.3 Å². The van der Waals surface area contributed by atoms with Crippen LogP contribution in [0.2, 0.25) is 0 Å². The first-order chi connectivity index (χ1) is 10.1. The van der Waals surface area contributed by atoms with Crippen molar-refractivity contribution in [2.24, 2.45) is 0 Å². The highest BCUT2D eigenvalue weighted by Gasteiger charge is 2.02. The molecule has 0 aliphatic carbocycles. The molecule has 0 spiro atoms. The molecule has 0 saturated heterocycles. The smallest absolute Gasteiger partial charge is 0.253 e. The van der Waals surface area contributed by atoms with Crippen LogP contribution < -0.4 is 10.9 Å². The van der Waals surface area contributed by atoms with Gasteiger partial charge in [0.25, 0.3) is 5.56 Å². The number of aryl methyl sites for hydroxylation is 2. The number of amides is 1. The van der Waals surface area contributed by atoms with Gasteiger partial charge in [-0.05, 0) is 18.9 Å². The Kier molecular flexibility index (Phi) is 5.26. The molecule has 0 radical (unpaired) electrons. The van der Waals surface area contributed by atoms with Crippen molar-refractivity contribution in [3.63, 3.8) is 0 Å². The molecule has 0 saturated carbocycles. The van der Waals surface area contributed by atoms with Crippen LogP contribution in [-0.2, 0) is 17.8 Å². The van der Waals surface area contributed by atoms with Gasteiger partial charge < -0.3 is 5.32 Å². The number of hydrogen-bond donors (Lipinski definition) is 1. The Morgan fingerprint density at radius 1 is 1.29 bits per heavy atom. The number of hydrogen-bond acceptors (Lipinski definition) is 3. The van der Waals surface area contributed by atoms with Crippen molar-refractivity contribution in [1.29, 1.82) is 0 Å². The molecule has 5 heteroatoms. The van der Waals surface area contributed by atoms with Crippen LogP contribution in [0.3, 0.4) is 0 Å². The Hall–Kier alpha value is -2.43. The van der Waals surface area contributed by atoms with Gasteiger partial charge in [0.2, 0.25) is 5.91 Å². The number of carbonyl (C=O) groups is 1. The highest BCUT2D eigenvalue weighted by molar-refractivity contribution is 5.76. The van der Waals surface area contributed by atoms with Crippen LogP contribution in [0.15, 0.2) is 47.5 Å². The lowest BCUT2D eigenvalue weighted by molar-refractivity contribution is -0.121. The first kappa shape index (κ1) is 15.0. The second kappa shape index (κ2) is 7.38. The summed E-state index contributed by atoms with van der Waals surface area (Å²) in [5.41, 5.74) is 1.75. The van der Waals surface area contributed by atoms with Gasteiger partial charge >= 0.3 is 0 Å². The predicted octanol–water partition coefficient (Wildman–Crippen LogP) is 1.30. The third-order valence-corrected chi connectivity index (χ3v) is 3.17. The maximum Gasteiger partial charge on any atom is 0.253 e. The second-order valence-electron chi connectivity index (χ2n) is 4.90. The molecule has 1 amide bonds. The lowest BCUT2D eigenvalue weighted by Gasteiger charge is -2.07. The third kappa shape index (κ3) is 4.87. The first-order valence-electron chi connectivity index (χ1n) is 6.99. The zero-order chi connectivity index (χ0) is 15.1. The zero-order valence-electron chi connectivity index (χ0n) is 12.1. The Morgan fingerprint density at radius 2 is 2.05 bits per heavy atom. The standard InChI is InChI=1S/C16H19N3O2/c1-13-11-16(21)19(12-18-13)10-9-17-15(20)8-7-14-5-3-2-4-6-14/h2-6,11-12H,7-10H2,1H3,(H,17,20). The molecule has 2 rings (SSSR count). The van der Waals surface area contributed by atoms with Crippen molar-refractivity contribution >= 4 is 5.91 Å². The highest BCUT2D eigenvalue weighted by atomic mass is 16.1. The van der Waals surface area contributed by atoms with E-state index >= 15 is 0 Å². The lowest BCUT2D eigenvalue weighted by atomic mass is 10.1. The summed E-state index contributed by atoms with van der Waals surface area (Å²) in [6.07, 6.45) is 2.68. The zero-order valence-corrected chi connectivity index (χ0v) is 12.1. The van der Waals surface area contributed by atoms with Crippen LogP contribution in [0.1, 0.15) is 17.7 Å². The minimum atomic E-state index is -0.0963. The van der Waals surface area contributed by atoms with Crippen LogP contribution in [0.25, 0.3) is 0 Å². The molecule has 0 aliphatic heterocycles. The maximum atomic E-state index is 11.7. The van der Waals surface area contributed by atoms with Crippen LogP contribution in [0, 0.1) is 6.92 Å². The van der Waals surface area contributed by atoms with E-state index in [0.717, 1.165) is 12.0 Å². The number of benzene rings is 1. The lowest BCUT2D eigenvalue weighted by Crippen LogP contribution is -2.31. The molecular formula is C16H19N3O2. The number of nitrogens with zero attached hydrogens (tertiary/aromatic N) is 2. The van der Waals surface area contributed by atoms with E-state index in [-0.39, 0.29) is 11.5 Å². The van der Waals surface area contributed by atoms with Crippen molar-refractivity contribution in [2.45, 2.75) is 26.3 Å². The Labute approximate surface area is 123 Å². The van der Waals surface area contributed by atoms with E-state index in [4.69, 9.17) is 0 Å². The Balaban J connectivity index is 1.73. The monoisotopic (exact) mass is 285 g/mol. The maximum absolute atomic E-state index is 11.7. The van der Waals surface area contributed by atoms with E-state index in [1.807, 2.05) is 30.3 Å². The molecule has 0 unspecified atom stereocenters. The topological polar surface area (TPSA) is 64.0 Å². The number of carbonyl (C=O) groups excluding carboxylic acids is 1. The minimum Gasteiger partial charge on any atom is -0.354 e. The van der Waals surface area contributed by atoms with Gasteiger partial charge in [-0.25, -0.2) is 4.98 Å². The SMILES string of the molecule is Cc1cc(=O)n(CCNC(=O)CCc2ccccc2)cn1. The van der Waals surface area contributed by atoms with Gasteiger partial charge in [0.15, 0.2) is 0 Å². The van der Waals surface area contributed by atoms with Crippen LogP contribution in [0.5, 0.6) is 0 Å². The van der Waals surface area contributed by atoms with Gasteiger partial charge in [-0.2, -0.15) is 0 Å². The third-order valence-electron chi connectivity index (χ3n) is 3.17. The largest absolute Gasteiger partial charge is 0.354 e. The summed E-state index contributed by atoms with van der Waals surface area (Å²) in [5.74, 6) is -0.00743. The van der Waals surface area contributed by atoms with Crippen molar-refractivity contribution < 1.29 is 4.79 Å². The molecule has 1 aromatic heterocycles. The summed E-state index contributed by atoms with van der Waals surface area (Å²) < 4.78 is 1.49. The van der Waals surface area contributed by atoms with Crippen molar-refractivity contribution in [3.05, 3.63) is 64.3 Å². The number of nitrogens with one attached hydrogen (secondary N) is 1. The summed E-state index contributed by atoms with van der Waals surface area (Å²) in [5, 5.41) is 2.82. The molecule has 1 aromatic carbocycles. The average Bonchev–Trinajstić information content (AvgIpc) is 2.48. The summed E-state index contributed by atoms with van der Waals surface area (Å²) in [7, 11) is 0. The molecule has 1 heterocycles. The molecular weight excluding hydrogens is 266 g/mol. The molecule has 21 heavy (non-hydrogen) atoms. The summed E-state index contributed by atoms with van der Waals surface area (Å²) in [6.45, 7) is 2.64. The van der Waals surface area contributed by atoms with E-state index in [0.29, 0.717) is 25.2 Å². The second-order valence-corrected chi connectivity index (χ2v) is 4.90. The van der Waals surface area contributed by atoms with Crippen molar-refractivity contribution in [2.75, 3.05) is 6.54 Å². The fourth-order valence-corrected chi connectivity index (χ4v) is 1.99. The average molecular weight is 285 g/mol. The van der Waals surface area contributed by atoms with Gasteiger partial charge in [0, 0.05) is 31.3 Å². The Bertz CT molecular complexity index is 650. The molecule has 0 atom stereocenters. The van der Waals surface area contributed by atoms with Gasteiger partial charge in [-0.1, -0.05) is 30.3 Å². The number of rotatable bonds is 6. The summed E-state index contributed by atoms with van der Waals surface area (Å²) in [6, 6.07) is 11.4. The predicted molar refractivity (Wildman–Crippen MR) is 81.0 cm³/mol. The molecule has 0 fully saturated rings. The van der Waals surface area contributed by atoms with E-state index < -0.39 is 0 Å². The number of aromatic nitrogens is 2. The molecule has 5 nitrogen and oxygen atoms in total. The van der Waals surface area contributed by atoms with Gasteiger partial charge in [-0.15, -0.1) is 0 Å². The van der Waals surface area contributed by atoms with Crippen LogP contribution >= 0.6 is 0 Å². The molecule has 0 bridgehead atoms. The minimum absolute atomic E-state index is 0.00743. The van der Waals surface area contributed by atoms with E-state index in [1.54, 1.807) is 6.92 Å². The first-order valence-corrected chi connectivity index (χ1v) is 6.99. The fourth-order valence-electron chi connectivity index (χ4n) is 1.99. The quantitative estimate of drug-likeness (QED) is 0.870. The van der Waals surface area contributed by atoms with Crippen molar-refractivity contribution in [3.8, 4) is 0 Å². The van der Waals surface area contributed by atoms with Gasteiger partial charge in [0.1, 0.15) is 0 Å². The summed E-state index contributed by atoms with van der Waals surface area (Å²) >= 11 is 0. The van der Waals surface area contributed by atoms with E-state index in [1.165, 1.54) is 17.0 Å². The van der Waals surface area contributed by atoms with Crippen LogP contribution in [-0.4, -0.2) is 22.0 Å². The molecule has 1 N–H and O–H groups in total. The summed E-state index contributed by atoms with van der Waals surface area (Å²) in [4.78, 5) is 27.4. The Morgan fingerprint density at radius 3 is 2.76 bits per heavy atom. The van der Waals surface area contributed by atoms with E-state index in [9.17, 15) is 9.59 Å². The van der Waals surface area contributed by atoms with Gasteiger partial charge in [-0.3, -0.25) is 14.2 Å².